The molecule has 1 saturated carbocycles. The van der Waals surface area contributed by atoms with Crippen LogP contribution in [0.4, 0.5) is 0 Å². The van der Waals surface area contributed by atoms with E-state index in [9.17, 15) is 0 Å². The molecule has 0 unspecified atom stereocenters. The van der Waals surface area contributed by atoms with Crippen molar-refractivity contribution in [2.24, 2.45) is 4.99 Å². The molecular formula is C12H13N. The first kappa shape index (κ1) is 7.31. The zero-order valence-electron chi connectivity index (χ0n) is 7.66. The Labute approximate surface area is 78.5 Å². The lowest BCUT2D eigenvalue weighted by Crippen LogP contribution is -2.03. The molecule has 13 heavy (non-hydrogen) atoms. The van der Waals surface area contributed by atoms with Crippen molar-refractivity contribution < 1.29 is 0 Å². The predicted molar refractivity (Wildman–Crippen MR) is 54.6 cm³/mol. The molecule has 1 heteroatoms. The molecule has 1 aromatic carbocycles. The van der Waals surface area contributed by atoms with Gasteiger partial charge in [0.05, 0.1) is 0 Å². The fraction of sp³-hybridized carbons (Fsp3) is 0.417. The molecule has 0 aromatic heterocycles. The van der Waals surface area contributed by atoms with Gasteiger partial charge < -0.3 is 0 Å². The summed E-state index contributed by atoms with van der Waals surface area (Å²) >= 11 is 0. The van der Waals surface area contributed by atoms with Crippen LogP contribution in [0.2, 0.25) is 0 Å². The van der Waals surface area contributed by atoms with Crippen LogP contribution in [0.25, 0.3) is 0 Å². The van der Waals surface area contributed by atoms with Crippen molar-refractivity contribution in [2.75, 3.05) is 6.54 Å². The Bertz CT molecular complexity index is 361. The van der Waals surface area contributed by atoms with Gasteiger partial charge >= 0.3 is 0 Å². The molecule has 3 rings (SSSR count). The third-order valence-corrected chi connectivity index (χ3v) is 2.96. The Balaban J connectivity index is 2.04. The second kappa shape index (κ2) is 2.69. The van der Waals surface area contributed by atoms with E-state index in [-0.39, 0.29) is 0 Å². The van der Waals surface area contributed by atoms with Gasteiger partial charge in [-0.15, -0.1) is 0 Å². The van der Waals surface area contributed by atoms with Gasteiger partial charge in [-0.1, -0.05) is 18.2 Å². The summed E-state index contributed by atoms with van der Waals surface area (Å²) in [6.07, 6.45) is 5.93. The minimum absolute atomic E-state index is 0.879. The van der Waals surface area contributed by atoms with Crippen LogP contribution in [-0.2, 0) is 6.42 Å². The zero-order valence-corrected chi connectivity index (χ0v) is 7.66. The number of aliphatic imine (C=N–C) groups is 1. The van der Waals surface area contributed by atoms with Gasteiger partial charge in [0.2, 0.25) is 0 Å². The van der Waals surface area contributed by atoms with Gasteiger partial charge in [0, 0.05) is 12.8 Å². The number of rotatable bonds is 1. The van der Waals surface area contributed by atoms with Gasteiger partial charge in [-0.05, 0) is 41.9 Å². The van der Waals surface area contributed by atoms with Crippen LogP contribution in [0, 0.1) is 0 Å². The highest BCUT2D eigenvalue weighted by atomic mass is 14.7. The van der Waals surface area contributed by atoms with Crippen LogP contribution in [0.15, 0.2) is 23.2 Å². The SMILES string of the molecule is C1=NCCc2cc(C3CC3)ccc21. The lowest BCUT2D eigenvalue weighted by atomic mass is 9.98. The van der Waals surface area contributed by atoms with Gasteiger partial charge in [-0.3, -0.25) is 4.99 Å². The molecular weight excluding hydrogens is 158 g/mol. The van der Waals surface area contributed by atoms with Gasteiger partial charge in [0.1, 0.15) is 0 Å². The summed E-state index contributed by atoms with van der Waals surface area (Å²) in [5.41, 5.74) is 4.38. The molecule has 0 atom stereocenters. The Morgan fingerprint density at radius 1 is 1.23 bits per heavy atom. The maximum atomic E-state index is 4.28. The first-order chi connectivity index (χ1) is 6.43. The number of nitrogens with zero attached hydrogens (tertiary/aromatic N) is 1. The fourth-order valence-corrected chi connectivity index (χ4v) is 1.99. The standard InChI is InChI=1S/C12H13N/c1-2-9(1)10-3-4-12-8-13-6-5-11(12)7-10/h3-4,7-9H,1-2,5-6H2. The summed E-state index contributed by atoms with van der Waals surface area (Å²) in [6.45, 7) is 0.973. The van der Waals surface area contributed by atoms with Gasteiger partial charge in [-0.2, -0.15) is 0 Å². The van der Waals surface area contributed by atoms with E-state index >= 15 is 0 Å². The molecule has 0 amide bonds. The highest BCUT2D eigenvalue weighted by molar-refractivity contribution is 5.83. The molecule has 1 aliphatic heterocycles. The van der Waals surface area contributed by atoms with Crippen molar-refractivity contribution >= 4 is 6.21 Å². The van der Waals surface area contributed by atoms with Crippen molar-refractivity contribution in [1.29, 1.82) is 0 Å². The van der Waals surface area contributed by atoms with Crippen LogP contribution in [0.1, 0.15) is 35.4 Å². The molecule has 0 N–H and O–H groups in total. The summed E-state index contributed by atoms with van der Waals surface area (Å²) < 4.78 is 0. The first-order valence-electron chi connectivity index (χ1n) is 5.06. The molecule has 2 aliphatic rings. The van der Waals surface area contributed by atoms with E-state index in [1.165, 1.54) is 24.0 Å². The summed E-state index contributed by atoms with van der Waals surface area (Å²) in [4.78, 5) is 4.28. The van der Waals surface area contributed by atoms with Crippen LogP contribution in [-0.4, -0.2) is 12.8 Å². The van der Waals surface area contributed by atoms with E-state index in [1.807, 2.05) is 6.21 Å². The van der Waals surface area contributed by atoms with E-state index in [1.54, 1.807) is 5.56 Å². The Kier molecular flexibility index (Phi) is 1.51. The number of hydrogen-bond donors (Lipinski definition) is 0. The van der Waals surface area contributed by atoms with Crippen molar-refractivity contribution in [1.82, 2.24) is 0 Å². The average molecular weight is 171 g/mol. The zero-order chi connectivity index (χ0) is 8.67. The summed E-state index contributed by atoms with van der Waals surface area (Å²) in [7, 11) is 0. The predicted octanol–water partition coefficient (Wildman–Crippen LogP) is 2.54. The van der Waals surface area contributed by atoms with E-state index in [0.29, 0.717) is 0 Å². The third-order valence-electron chi connectivity index (χ3n) is 2.96. The quantitative estimate of drug-likeness (QED) is 0.615. The topological polar surface area (TPSA) is 12.4 Å². The van der Waals surface area contributed by atoms with Gasteiger partial charge in [0.15, 0.2) is 0 Å². The van der Waals surface area contributed by atoms with Crippen LogP contribution in [0.3, 0.4) is 0 Å². The van der Waals surface area contributed by atoms with Crippen LogP contribution >= 0.6 is 0 Å². The lowest BCUT2D eigenvalue weighted by Gasteiger charge is -2.11. The van der Waals surface area contributed by atoms with Crippen molar-refractivity contribution in [3.63, 3.8) is 0 Å². The highest BCUT2D eigenvalue weighted by Crippen LogP contribution is 2.40. The Morgan fingerprint density at radius 2 is 2.15 bits per heavy atom. The molecule has 1 nitrogen and oxygen atoms in total. The molecule has 1 fully saturated rings. The largest absolute Gasteiger partial charge is 0.292 e. The van der Waals surface area contributed by atoms with E-state index in [4.69, 9.17) is 0 Å². The number of fused-ring (bicyclic) bond motifs is 1. The van der Waals surface area contributed by atoms with Gasteiger partial charge in [-0.25, -0.2) is 0 Å². The van der Waals surface area contributed by atoms with E-state index < -0.39 is 0 Å². The van der Waals surface area contributed by atoms with Crippen molar-refractivity contribution in [2.45, 2.75) is 25.2 Å². The average Bonchev–Trinajstić information content (AvgIpc) is 3.00. The monoisotopic (exact) mass is 171 g/mol. The third kappa shape index (κ3) is 1.28. The maximum absolute atomic E-state index is 4.28. The minimum Gasteiger partial charge on any atom is -0.292 e. The summed E-state index contributed by atoms with van der Waals surface area (Å²) in [5, 5.41) is 0. The van der Waals surface area contributed by atoms with Crippen LogP contribution < -0.4 is 0 Å². The first-order valence-corrected chi connectivity index (χ1v) is 5.06. The molecule has 66 valence electrons. The number of benzene rings is 1. The maximum Gasteiger partial charge on any atom is 0.0430 e. The molecule has 1 heterocycles. The highest BCUT2D eigenvalue weighted by Gasteiger charge is 2.23. The second-order valence-electron chi connectivity index (χ2n) is 4.02. The smallest absolute Gasteiger partial charge is 0.0430 e. The molecule has 0 radical (unpaired) electrons. The lowest BCUT2D eigenvalue weighted by molar-refractivity contribution is 0.944. The molecule has 1 aromatic rings. The second-order valence-corrected chi connectivity index (χ2v) is 4.02. The molecule has 0 spiro atoms. The van der Waals surface area contributed by atoms with E-state index in [2.05, 4.69) is 23.2 Å². The van der Waals surface area contributed by atoms with E-state index in [0.717, 1.165) is 18.9 Å². The van der Waals surface area contributed by atoms with Gasteiger partial charge in [0.25, 0.3) is 0 Å². The van der Waals surface area contributed by atoms with Crippen molar-refractivity contribution in [3.8, 4) is 0 Å². The Morgan fingerprint density at radius 3 is 3.00 bits per heavy atom. The van der Waals surface area contributed by atoms with Crippen LogP contribution in [0.5, 0.6) is 0 Å². The summed E-state index contributed by atoms with van der Waals surface area (Å²) in [6, 6.07) is 6.89. The molecule has 1 aliphatic carbocycles. The molecule has 0 saturated heterocycles. The fourth-order valence-electron chi connectivity index (χ4n) is 1.99. The Hall–Kier alpha value is -1.11. The molecule has 0 bridgehead atoms. The normalized spacial score (nSPS) is 20.0. The minimum atomic E-state index is 0.879. The van der Waals surface area contributed by atoms with Crippen molar-refractivity contribution in [3.05, 3.63) is 34.9 Å². The number of hydrogen-bond acceptors (Lipinski definition) is 1. The summed E-state index contributed by atoms with van der Waals surface area (Å²) in [5.74, 6) is 0.879.